The maximum absolute atomic E-state index is 11.7. The summed E-state index contributed by atoms with van der Waals surface area (Å²) >= 11 is 0. The summed E-state index contributed by atoms with van der Waals surface area (Å²) in [5.74, 6) is 0.796. The van der Waals surface area contributed by atoms with E-state index in [-0.39, 0.29) is 5.91 Å². The van der Waals surface area contributed by atoms with Crippen LogP contribution >= 0.6 is 0 Å². The zero-order valence-corrected chi connectivity index (χ0v) is 14.0. The molecule has 5 heteroatoms. The monoisotopic (exact) mass is 328 g/mol. The Hall–Kier alpha value is -2.40. The van der Waals surface area contributed by atoms with Crippen LogP contribution in [0.1, 0.15) is 36.8 Å². The highest BCUT2D eigenvalue weighted by Crippen LogP contribution is 2.14. The Morgan fingerprint density at radius 2 is 1.92 bits per heavy atom. The van der Waals surface area contributed by atoms with Gasteiger partial charge < -0.3 is 4.74 Å². The number of hydrogen-bond donors (Lipinski definition) is 1. The molecule has 0 unspecified atom stereocenters. The van der Waals surface area contributed by atoms with Gasteiger partial charge in [-0.3, -0.25) is 14.6 Å². The molecule has 0 atom stereocenters. The Kier molecular flexibility index (Phi) is 7.77. The molecule has 1 aromatic carbocycles. The number of methoxy groups -OCH3 is 1. The summed E-state index contributed by atoms with van der Waals surface area (Å²) < 4.78 is 5.14. The number of aryl methyl sites for hydroxylation is 1. The minimum Gasteiger partial charge on any atom is -0.497 e. The molecule has 0 saturated heterocycles. The first kappa shape index (κ1) is 17.9. The molecule has 0 fully saturated rings. The van der Waals surface area contributed by atoms with Crippen LogP contribution in [0.15, 0.2) is 48.8 Å². The number of ether oxygens (including phenoxy) is 1. The molecular weight excluding hydrogens is 304 g/mol. The van der Waals surface area contributed by atoms with Gasteiger partial charge in [-0.2, -0.15) is 0 Å². The van der Waals surface area contributed by atoms with E-state index in [1.165, 1.54) is 5.56 Å². The fraction of sp³-hybridized carbons (Fsp3) is 0.368. The number of pyridine rings is 1. The van der Waals surface area contributed by atoms with Crippen LogP contribution in [0.3, 0.4) is 0 Å². The van der Waals surface area contributed by atoms with Crippen molar-refractivity contribution in [3.05, 3.63) is 59.9 Å². The quantitative estimate of drug-likeness (QED) is 0.536. The minimum atomic E-state index is -0.0802. The van der Waals surface area contributed by atoms with Crippen molar-refractivity contribution in [2.75, 3.05) is 7.11 Å². The number of hydroxylamine groups is 1. The topological polar surface area (TPSA) is 60.5 Å². The molecule has 0 aliphatic heterocycles. The fourth-order valence-electron chi connectivity index (χ4n) is 2.32. The third kappa shape index (κ3) is 6.79. The summed E-state index contributed by atoms with van der Waals surface area (Å²) in [4.78, 5) is 20.8. The number of unbranched alkanes of at least 4 members (excludes halogenated alkanes) is 2. The summed E-state index contributed by atoms with van der Waals surface area (Å²) in [6.45, 7) is 0.330. The minimum absolute atomic E-state index is 0.0802. The molecule has 0 spiro atoms. The summed E-state index contributed by atoms with van der Waals surface area (Å²) in [6.07, 6.45) is 7.86. The van der Waals surface area contributed by atoms with E-state index in [0.29, 0.717) is 13.0 Å². The van der Waals surface area contributed by atoms with Crippen LogP contribution in [0, 0.1) is 0 Å². The standard InChI is InChI=1S/C19H24N2O3/c1-23-18-11-9-16(10-12-18)6-3-2-4-8-19(22)21-24-15-17-7-5-13-20-14-17/h5,7,9-14H,2-4,6,8,15H2,1H3,(H,21,22). The number of hydrogen-bond acceptors (Lipinski definition) is 4. The lowest BCUT2D eigenvalue weighted by atomic mass is 10.1. The van der Waals surface area contributed by atoms with E-state index in [1.54, 1.807) is 19.5 Å². The van der Waals surface area contributed by atoms with Crippen molar-refractivity contribution in [1.29, 1.82) is 0 Å². The van der Waals surface area contributed by atoms with Gasteiger partial charge in [0.2, 0.25) is 5.91 Å². The highest BCUT2D eigenvalue weighted by atomic mass is 16.6. The normalized spacial score (nSPS) is 10.4. The molecule has 0 saturated carbocycles. The highest BCUT2D eigenvalue weighted by molar-refractivity contribution is 5.74. The van der Waals surface area contributed by atoms with Gasteiger partial charge in [0.25, 0.3) is 0 Å². The summed E-state index contributed by atoms with van der Waals surface area (Å²) in [5.41, 5.74) is 4.69. The van der Waals surface area contributed by atoms with Gasteiger partial charge in [0.15, 0.2) is 0 Å². The largest absolute Gasteiger partial charge is 0.497 e. The van der Waals surface area contributed by atoms with Gasteiger partial charge in [0, 0.05) is 18.8 Å². The molecule has 5 nitrogen and oxygen atoms in total. The highest BCUT2D eigenvalue weighted by Gasteiger charge is 2.02. The number of benzene rings is 1. The lowest BCUT2D eigenvalue weighted by molar-refractivity contribution is -0.134. The van der Waals surface area contributed by atoms with Crippen molar-refractivity contribution in [2.45, 2.75) is 38.7 Å². The molecule has 0 aliphatic rings. The van der Waals surface area contributed by atoms with E-state index < -0.39 is 0 Å². The number of amides is 1. The first-order valence-electron chi connectivity index (χ1n) is 8.20. The second-order valence-corrected chi connectivity index (χ2v) is 5.58. The van der Waals surface area contributed by atoms with Crippen molar-refractivity contribution < 1.29 is 14.4 Å². The number of nitrogens with zero attached hydrogens (tertiary/aromatic N) is 1. The Balaban J connectivity index is 1.51. The second-order valence-electron chi connectivity index (χ2n) is 5.58. The lowest BCUT2D eigenvalue weighted by Gasteiger charge is -2.06. The van der Waals surface area contributed by atoms with Crippen molar-refractivity contribution in [2.24, 2.45) is 0 Å². The van der Waals surface area contributed by atoms with E-state index in [0.717, 1.165) is 37.0 Å². The Labute approximate surface area is 143 Å². The van der Waals surface area contributed by atoms with Gasteiger partial charge in [0.1, 0.15) is 12.4 Å². The average molecular weight is 328 g/mol. The predicted octanol–water partition coefficient (Wildman–Crippen LogP) is 3.44. The zero-order valence-electron chi connectivity index (χ0n) is 14.0. The molecule has 0 aliphatic carbocycles. The summed E-state index contributed by atoms with van der Waals surface area (Å²) in [7, 11) is 1.67. The molecule has 1 amide bonds. The number of carbonyl (C=O) groups is 1. The van der Waals surface area contributed by atoms with Crippen molar-refractivity contribution >= 4 is 5.91 Å². The van der Waals surface area contributed by atoms with Crippen LogP contribution in [-0.4, -0.2) is 18.0 Å². The van der Waals surface area contributed by atoms with Gasteiger partial charge in [-0.25, -0.2) is 5.48 Å². The molecule has 1 N–H and O–H groups in total. The second kappa shape index (κ2) is 10.4. The Morgan fingerprint density at radius 1 is 1.08 bits per heavy atom. The van der Waals surface area contributed by atoms with Crippen LogP contribution in [0.4, 0.5) is 0 Å². The summed E-state index contributed by atoms with van der Waals surface area (Å²) in [5, 5.41) is 0. The third-order valence-corrected chi connectivity index (χ3v) is 3.68. The lowest BCUT2D eigenvalue weighted by Crippen LogP contribution is -2.23. The summed E-state index contributed by atoms with van der Waals surface area (Å²) in [6, 6.07) is 11.8. The first-order chi connectivity index (χ1) is 11.8. The number of carbonyl (C=O) groups excluding carboxylic acids is 1. The number of aromatic nitrogens is 1. The maximum atomic E-state index is 11.7. The molecule has 2 aromatic rings. The molecule has 0 radical (unpaired) electrons. The molecule has 1 heterocycles. The SMILES string of the molecule is COc1ccc(CCCCCC(=O)NOCc2cccnc2)cc1. The van der Waals surface area contributed by atoms with E-state index in [2.05, 4.69) is 22.6 Å². The molecular formula is C19H24N2O3. The van der Waals surface area contributed by atoms with Gasteiger partial charge in [0.05, 0.1) is 7.11 Å². The van der Waals surface area contributed by atoms with Gasteiger partial charge in [-0.15, -0.1) is 0 Å². The zero-order chi connectivity index (χ0) is 17.0. The fourth-order valence-corrected chi connectivity index (χ4v) is 2.32. The Bertz CT molecular complexity index is 600. The molecule has 24 heavy (non-hydrogen) atoms. The average Bonchev–Trinajstić information content (AvgIpc) is 2.63. The van der Waals surface area contributed by atoms with Crippen molar-refractivity contribution in [3.8, 4) is 5.75 Å². The van der Waals surface area contributed by atoms with Gasteiger partial charge in [-0.1, -0.05) is 24.6 Å². The van der Waals surface area contributed by atoms with E-state index in [9.17, 15) is 4.79 Å². The number of rotatable bonds is 10. The van der Waals surface area contributed by atoms with Crippen LogP contribution in [0.25, 0.3) is 0 Å². The number of nitrogens with one attached hydrogen (secondary N) is 1. The van der Waals surface area contributed by atoms with Crippen LogP contribution in [-0.2, 0) is 22.7 Å². The molecule has 2 rings (SSSR count). The predicted molar refractivity (Wildman–Crippen MR) is 92.3 cm³/mol. The third-order valence-electron chi connectivity index (χ3n) is 3.68. The van der Waals surface area contributed by atoms with Crippen LogP contribution < -0.4 is 10.2 Å². The van der Waals surface area contributed by atoms with E-state index in [4.69, 9.17) is 9.57 Å². The van der Waals surface area contributed by atoms with E-state index >= 15 is 0 Å². The van der Waals surface area contributed by atoms with Gasteiger partial charge in [-0.05, 0) is 48.6 Å². The molecule has 0 bridgehead atoms. The van der Waals surface area contributed by atoms with Gasteiger partial charge >= 0.3 is 0 Å². The van der Waals surface area contributed by atoms with Crippen molar-refractivity contribution in [3.63, 3.8) is 0 Å². The van der Waals surface area contributed by atoms with Crippen molar-refractivity contribution in [1.82, 2.24) is 10.5 Å². The van der Waals surface area contributed by atoms with E-state index in [1.807, 2.05) is 24.3 Å². The maximum Gasteiger partial charge on any atom is 0.243 e. The molecule has 128 valence electrons. The van der Waals surface area contributed by atoms with Crippen LogP contribution in [0.5, 0.6) is 5.75 Å². The molecule has 1 aromatic heterocycles. The van der Waals surface area contributed by atoms with Crippen LogP contribution in [0.2, 0.25) is 0 Å². The smallest absolute Gasteiger partial charge is 0.243 e. The first-order valence-corrected chi connectivity index (χ1v) is 8.20. The Morgan fingerprint density at radius 3 is 2.62 bits per heavy atom.